The zero-order valence-electron chi connectivity index (χ0n) is 15.1. The van der Waals surface area contributed by atoms with E-state index >= 15 is 0 Å². The van der Waals surface area contributed by atoms with E-state index in [2.05, 4.69) is 20.1 Å². The molecule has 2 bridgehead atoms. The molecule has 0 radical (unpaired) electrons. The summed E-state index contributed by atoms with van der Waals surface area (Å²) in [7, 11) is 0. The zero-order chi connectivity index (χ0) is 17.5. The standard InChI is InChI=1S/C20H26N4O2/c25-19(24-15-5-6-16(24)13-21-10-7-15)14-8-11-23(12-9-14)20-22-17-3-1-2-4-18(17)26-20/h1-4,14-16,21H,5-13H2. The second kappa shape index (κ2) is 6.58. The number of nitrogens with one attached hydrogen (secondary N) is 1. The lowest BCUT2D eigenvalue weighted by molar-refractivity contribution is -0.138. The Hall–Kier alpha value is -2.08. The number of piperidine rings is 1. The van der Waals surface area contributed by atoms with Gasteiger partial charge in [-0.15, -0.1) is 0 Å². The van der Waals surface area contributed by atoms with Gasteiger partial charge >= 0.3 is 0 Å². The van der Waals surface area contributed by atoms with Gasteiger partial charge in [-0.25, -0.2) is 0 Å². The van der Waals surface area contributed by atoms with E-state index in [1.807, 2.05) is 24.3 Å². The van der Waals surface area contributed by atoms with Gasteiger partial charge in [0.15, 0.2) is 5.58 Å². The van der Waals surface area contributed by atoms with Gasteiger partial charge in [-0.1, -0.05) is 12.1 Å². The average Bonchev–Trinajstić information content (AvgIpc) is 3.21. The van der Waals surface area contributed by atoms with Gasteiger partial charge in [0.1, 0.15) is 5.52 Å². The van der Waals surface area contributed by atoms with Crippen molar-refractivity contribution in [1.82, 2.24) is 15.2 Å². The molecule has 5 rings (SSSR count). The highest BCUT2D eigenvalue weighted by Gasteiger charge is 2.41. The lowest BCUT2D eigenvalue weighted by Crippen LogP contribution is -2.48. The summed E-state index contributed by atoms with van der Waals surface area (Å²) in [5, 5.41) is 3.48. The number of anilines is 1. The molecule has 2 atom stereocenters. The lowest BCUT2D eigenvalue weighted by atomic mass is 9.94. The first kappa shape index (κ1) is 16.1. The van der Waals surface area contributed by atoms with E-state index in [-0.39, 0.29) is 5.92 Å². The zero-order valence-corrected chi connectivity index (χ0v) is 15.1. The molecule has 6 nitrogen and oxygen atoms in total. The predicted octanol–water partition coefficient (Wildman–Crippen LogP) is 2.40. The van der Waals surface area contributed by atoms with Crippen LogP contribution < -0.4 is 10.2 Å². The molecule has 3 aliphatic heterocycles. The van der Waals surface area contributed by atoms with Gasteiger partial charge in [0.25, 0.3) is 6.01 Å². The van der Waals surface area contributed by atoms with Crippen LogP contribution in [0.15, 0.2) is 28.7 Å². The second-order valence-corrected chi connectivity index (χ2v) is 7.85. The monoisotopic (exact) mass is 354 g/mol. The lowest BCUT2D eigenvalue weighted by Gasteiger charge is -2.35. The number of carbonyl (C=O) groups is 1. The van der Waals surface area contributed by atoms with Crippen LogP contribution in [0.2, 0.25) is 0 Å². The summed E-state index contributed by atoms with van der Waals surface area (Å²) in [6.07, 6.45) is 5.22. The topological polar surface area (TPSA) is 61.6 Å². The Balaban J connectivity index is 1.26. The van der Waals surface area contributed by atoms with Crippen LogP contribution in [0.5, 0.6) is 0 Å². The van der Waals surface area contributed by atoms with Crippen molar-refractivity contribution in [3.8, 4) is 0 Å². The molecule has 6 heteroatoms. The summed E-state index contributed by atoms with van der Waals surface area (Å²) >= 11 is 0. The van der Waals surface area contributed by atoms with Gasteiger partial charge in [0, 0.05) is 37.6 Å². The van der Waals surface area contributed by atoms with Gasteiger partial charge in [0.2, 0.25) is 5.91 Å². The van der Waals surface area contributed by atoms with Crippen LogP contribution in [0.4, 0.5) is 6.01 Å². The first-order valence-electron chi connectivity index (χ1n) is 9.93. The number of fused-ring (bicyclic) bond motifs is 3. The Morgan fingerprint density at radius 3 is 2.73 bits per heavy atom. The van der Waals surface area contributed by atoms with Crippen molar-refractivity contribution < 1.29 is 9.21 Å². The first-order chi connectivity index (χ1) is 12.8. The summed E-state index contributed by atoms with van der Waals surface area (Å²) < 4.78 is 5.89. The molecule has 138 valence electrons. The van der Waals surface area contributed by atoms with Crippen LogP contribution in [0.25, 0.3) is 11.1 Å². The molecule has 1 aromatic carbocycles. The van der Waals surface area contributed by atoms with Crippen molar-refractivity contribution in [2.24, 2.45) is 5.92 Å². The molecule has 1 N–H and O–H groups in total. The minimum atomic E-state index is 0.150. The fourth-order valence-electron chi connectivity index (χ4n) is 4.87. The number of hydrogen-bond donors (Lipinski definition) is 1. The number of hydrogen-bond acceptors (Lipinski definition) is 5. The van der Waals surface area contributed by atoms with Crippen molar-refractivity contribution in [3.63, 3.8) is 0 Å². The Morgan fingerprint density at radius 1 is 1.08 bits per heavy atom. The fourth-order valence-corrected chi connectivity index (χ4v) is 4.87. The van der Waals surface area contributed by atoms with E-state index in [0.717, 1.165) is 63.0 Å². The summed E-state index contributed by atoms with van der Waals surface area (Å²) in [4.78, 5) is 22.2. The third-order valence-corrected chi connectivity index (χ3v) is 6.31. The highest BCUT2D eigenvalue weighted by molar-refractivity contribution is 5.80. The molecule has 0 spiro atoms. The van der Waals surface area contributed by atoms with E-state index in [9.17, 15) is 4.79 Å². The van der Waals surface area contributed by atoms with Gasteiger partial charge in [0.05, 0.1) is 0 Å². The van der Waals surface area contributed by atoms with Crippen LogP contribution in [-0.4, -0.2) is 54.1 Å². The predicted molar refractivity (Wildman–Crippen MR) is 100 cm³/mol. The van der Waals surface area contributed by atoms with E-state index < -0.39 is 0 Å². The average molecular weight is 354 g/mol. The highest BCUT2D eigenvalue weighted by Crippen LogP contribution is 2.33. The van der Waals surface area contributed by atoms with E-state index in [1.165, 1.54) is 6.42 Å². The van der Waals surface area contributed by atoms with Gasteiger partial charge in [-0.05, 0) is 50.8 Å². The Kier molecular flexibility index (Phi) is 4.08. The molecule has 1 amide bonds. The third-order valence-electron chi connectivity index (χ3n) is 6.31. The summed E-state index contributed by atoms with van der Waals surface area (Å²) in [5.41, 5.74) is 1.73. The molecule has 3 aliphatic rings. The molecule has 0 aliphatic carbocycles. The third kappa shape index (κ3) is 2.76. The summed E-state index contributed by atoms with van der Waals surface area (Å²) in [6, 6.07) is 9.42. The Labute approximate surface area is 153 Å². The molecule has 0 saturated carbocycles. The Bertz CT molecular complexity index is 749. The van der Waals surface area contributed by atoms with Crippen LogP contribution in [0.1, 0.15) is 32.1 Å². The molecule has 4 heterocycles. The fraction of sp³-hybridized carbons (Fsp3) is 0.600. The summed E-state index contributed by atoms with van der Waals surface area (Å²) in [5.74, 6) is 0.537. The number of rotatable bonds is 2. The van der Waals surface area contributed by atoms with Crippen molar-refractivity contribution in [2.45, 2.75) is 44.2 Å². The molecular formula is C20H26N4O2. The minimum Gasteiger partial charge on any atom is -0.423 e. The first-order valence-corrected chi connectivity index (χ1v) is 9.93. The maximum absolute atomic E-state index is 13.2. The van der Waals surface area contributed by atoms with Gasteiger partial charge < -0.3 is 19.5 Å². The molecule has 26 heavy (non-hydrogen) atoms. The maximum atomic E-state index is 13.2. The maximum Gasteiger partial charge on any atom is 0.298 e. The highest BCUT2D eigenvalue weighted by atomic mass is 16.4. The van der Waals surface area contributed by atoms with Crippen LogP contribution in [-0.2, 0) is 4.79 Å². The molecule has 2 unspecified atom stereocenters. The number of aromatic nitrogens is 1. The molecule has 3 fully saturated rings. The van der Waals surface area contributed by atoms with Gasteiger partial charge in [-0.2, -0.15) is 4.98 Å². The SMILES string of the molecule is O=C(C1CCN(c2nc3ccccc3o2)CC1)N1C2CCNCC1CC2. The molecular weight excluding hydrogens is 328 g/mol. The van der Waals surface area contributed by atoms with Crippen LogP contribution in [0, 0.1) is 5.92 Å². The number of nitrogens with zero attached hydrogens (tertiary/aromatic N) is 3. The normalized spacial score (nSPS) is 27.1. The number of para-hydroxylation sites is 2. The van der Waals surface area contributed by atoms with Crippen molar-refractivity contribution in [1.29, 1.82) is 0 Å². The number of amides is 1. The van der Waals surface area contributed by atoms with Crippen molar-refractivity contribution >= 4 is 23.0 Å². The van der Waals surface area contributed by atoms with Crippen LogP contribution in [0.3, 0.4) is 0 Å². The molecule has 3 saturated heterocycles. The largest absolute Gasteiger partial charge is 0.423 e. The number of carbonyl (C=O) groups excluding carboxylic acids is 1. The van der Waals surface area contributed by atoms with Crippen molar-refractivity contribution in [2.75, 3.05) is 31.1 Å². The quantitative estimate of drug-likeness (QED) is 0.897. The van der Waals surface area contributed by atoms with Crippen LogP contribution >= 0.6 is 0 Å². The number of benzene rings is 1. The molecule has 2 aromatic rings. The smallest absolute Gasteiger partial charge is 0.298 e. The minimum absolute atomic E-state index is 0.150. The van der Waals surface area contributed by atoms with E-state index in [0.29, 0.717) is 24.0 Å². The van der Waals surface area contributed by atoms with E-state index in [4.69, 9.17) is 4.42 Å². The van der Waals surface area contributed by atoms with Gasteiger partial charge in [-0.3, -0.25) is 4.79 Å². The Morgan fingerprint density at radius 2 is 1.88 bits per heavy atom. The second-order valence-electron chi connectivity index (χ2n) is 7.85. The van der Waals surface area contributed by atoms with E-state index in [1.54, 1.807) is 0 Å². The van der Waals surface area contributed by atoms with Crippen molar-refractivity contribution in [3.05, 3.63) is 24.3 Å². The molecule has 1 aromatic heterocycles. The number of oxazole rings is 1. The summed E-state index contributed by atoms with van der Waals surface area (Å²) in [6.45, 7) is 3.68.